The Kier molecular flexibility index (Phi) is 9.79. The van der Waals surface area contributed by atoms with Crippen LogP contribution in [0, 0.1) is 13.8 Å². The van der Waals surface area contributed by atoms with E-state index in [1.165, 1.54) is 39.6 Å². The monoisotopic (exact) mass is 679 g/mol. The van der Waals surface area contributed by atoms with E-state index in [-0.39, 0.29) is 34.6 Å². The first-order chi connectivity index (χ1) is 23.2. The van der Waals surface area contributed by atoms with Gasteiger partial charge in [0.2, 0.25) is 5.13 Å². The predicted octanol–water partition coefficient (Wildman–Crippen LogP) is 7.76. The number of rotatable bonds is 11. The van der Waals surface area contributed by atoms with Gasteiger partial charge in [0.05, 0.1) is 18.2 Å². The lowest BCUT2D eigenvalue weighted by Gasteiger charge is -2.23. The van der Waals surface area contributed by atoms with Crippen molar-refractivity contribution in [3.8, 4) is 17.2 Å². The molecule has 2 N–H and O–H groups in total. The summed E-state index contributed by atoms with van der Waals surface area (Å²) in [5.41, 5.74) is 5.11. The van der Waals surface area contributed by atoms with Crippen LogP contribution >= 0.6 is 23.1 Å². The fourth-order valence-electron chi connectivity index (χ4n) is 5.30. The van der Waals surface area contributed by atoms with Crippen molar-refractivity contribution in [2.45, 2.75) is 43.5 Å². The largest absolute Gasteiger partial charge is 0.507 e. The van der Waals surface area contributed by atoms with Gasteiger partial charge in [-0.2, -0.15) is 0 Å². The Bertz CT molecular complexity index is 1990. The first-order valence-corrected chi connectivity index (χ1v) is 17.1. The van der Waals surface area contributed by atoms with Crippen molar-refractivity contribution in [1.29, 1.82) is 0 Å². The van der Waals surface area contributed by atoms with Crippen LogP contribution in [0.1, 0.15) is 46.3 Å². The fraction of sp³-hybridized carbons (Fsp3) is 0.189. The van der Waals surface area contributed by atoms with Gasteiger partial charge in [-0.05, 0) is 79.4 Å². The Hall–Kier alpha value is -5.13. The summed E-state index contributed by atoms with van der Waals surface area (Å²) < 4.78 is 12.2. The number of hydrogen-bond acceptors (Lipinski definition) is 10. The third-order valence-electron chi connectivity index (χ3n) is 7.91. The van der Waals surface area contributed by atoms with E-state index in [1.54, 1.807) is 43.3 Å². The average Bonchev–Trinajstić information content (AvgIpc) is 3.66. The molecule has 1 atom stereocenters. The Morgan fingerprint density at radius 3 is 2.42 bits per heavy atom. The Labute approximate surface area is 286 Å². The number of aromatic nitrogens is 2. The molecule has 9 nitrogen and oxygen atoms in total. The number of nitrogens with zero attached hydrogens (tertiary/aromatic N) is 3. The highest BCUT2D eigenvalue weighted by Crippen LogP contribution is 2.45. The van der Waals surface area contributed by atoms with Gasteiger partial charge >= 0.3 is 5.91 Å². The van der Waals surface area contributed by atoms with Gasteiger partial charge in [0.1, 0.15) is 18.1 Å². The molecule has 0 aliphatic carbocycles. The van der Waals surface area contributed by atoms with Crippen LogP contribution < -0.4 is 14.4 Å². The maximum Gasteiger partial charge on any atom is 0.301 e. The second-order valence-corrected chi connectivity index (χ2v) is 13.4. The van der Waals surface area contributed by atoms with E-state index in [4.69, 9.17) is 9.47 Å². The second kappa shape index (κ2) is 14.3. The number of phenolic OH excluding ortho intramolecular Hbond substituents is 1. The number of aromatic hydroxyl groups is 1. The maximum absolute atomic E-state index is 13.7. The predicted molar refractivity (Wildman–Crippen MR) is 187 cm³/mol. The lowest BCUT2D eigenvalue weighted by Crippen LogP contribution is -2.29. The number of ketones is 1. The zero-order chi connectivity index (χ0) is 33.8. The number of amides is 1. The Morgan fingerprint density at radius 1 is 0.938 bits per heavy atom. The molecule has 1 saturated heterocycles. The lowest BCUT2D eigenvalue weighted by molar-refractivity contribution is -0.132. The number of aliphatic hydroxyl groups excluding tert-OH is 1. The smallest absolute Gasteiger partial charge is 0.301 e. The van der Waals surface area contributed by atoms with Gasteiger partial charge < -0.3 is 19.7 Å². The molecule has 1 amide bonds. The number of benzene rings is 4. The number of carbonyl (C=O) groups excluding carboxylic acids is 2. The van der Waals surface area contributed by atoms with Crippen molar-refractivity contribution in [1.82, 2.24) is 10.2 Å². The molecule has 1 aliphatic rings. The first-order valence-electron chi connectivity index (χ1n) is 15.3. The molecule has 0 bridgehead atoms. The highest BCUT2D eigenvalue weighted by Gasteiger charge is 2.48. The Morgan fingerprint density at radius 2 is 1.69 bits per heavy atom. The van der Waals surface area contributed by atoms with Crippen LogP contribution in [0.15, 0.2) is 101 Å². The van der Waals surface area contributed by atoms with Gasteiger partial charge in [-0.25, -0.2) is 0 Å². The summed E-state index contributed by atoms with van der Waals surface area (Å²) in [5.74, 6) is -0.749. The molecule has 1 fully saturated rings. The summed E-state index contributed by atoms with van der Waals surface area (Å²) in [6, 6.07) is 26.3. The van der Waals surface area contributed by atoms with Gasteiger partial charge in [-0.15, -0.1) is 10.2 Å². The van der Waals surface area contributed by atoms with Gasteiger partial charge in [0, 0.05) is 11.3 Å². The van der Waals surface area contributed by atoms with E-state index in [1.807, 2.05) is 62.4 Å². The number of aryl methyl sites for hydroxylation is 2. The van der Waals surface area contributed by atoms with Crippen LogP contribution in [0.3, 0.4) is 0 Å². The minimum Gasteiger partial charge on any atom is -0.507 e. The summed E-state index contributed by atoms with van der Waals surface area (Å²) in [5, 5.41) is 30.8. The molecule has 6 rings (SSSR count). The van der Waals surface area contributed by atoms with Crippen LogP contribution in [0.2, 0.25) is 0 Å². The molecule has 0 radical (unpaired) electrons. The topological polar surface area (TPSA) is 122 Å². The molecule has 1 unspecified atom stereocenters. The van der Waals surface area contributed by atoms with Crippen LogP contribution in [-0.2, 0) is 21.9 Å². The fourth-order valence-corrected chi connectivity index (χ4v) is 7.13. The van der Waals surface area contributed by atoms with Crippen molar-refractivity contribution in [2.24, 2.45) is 0 Å². The van der Waals surface area contributed by atoms with Crippen LogP contribution in [0.5, 0.6) is 17.2 Å². The first kappa shape index (κ1) is 32.8. The van der Waals surface area contributed by atoms with E-state index in [2.05, 4.69) is 10.2 Å². The quantitative estimate of drug-likeness (QED) is 0.0474. The van der Waals surface area contributed by atoms with Crippen LogP contribution in [0.25, 0.3) is 5.76 Å². The van der Waals surface area contributed by atoms with Crippen molar-refractivity contribution in [2.75, 3.05) is 11.5 Å². The van der Waals surface area contributed by atoms with Crippen molar-refractivity contribution >= 4 is 45.7 Å². The molecular weight excluding hydrogens is 647 g/mol. The van der Waals surface area contributed by atoms with Crippen molar-refractivity contribution < 1.29 is 29.3 Å². The summed E-state index contributed by atoms with van der Waals surface area (Å²) in [6.45, 7) is 6.49. The minimum atomic E-state index is -1.07. The summed E-state index contributed by atoms with van der Waals surface area (Å²) in [4.78, 5) is 28.7. The number of carbonyl (C=O) groups is 2. The number of aliphatic hydroxyl groups is 1. The zero-order valence-corrected chi connectivity index (χ0v) is 28.2. The second-order valence-electron chi connectivity index (χ2n) is 11.2. The molecule has 4 aromatic carbocycles. The lowest BCUT2D eigenvalue weighted by atomic mass is 9.95. The number of hydrogen-bond donors (Lipinski definition) is 2. The number of anilines is 1. The molecule has 48 heavy (non-hydrogen) atoms. The summed E-state index contributed by atoms with van der Waals surface area (Å²) in [6.07, 6.45) is 0. The van der Waals surface area contributed by atoms with E-state index in [9.17, 15) is 19.8 Å². The molecule has 0 spiro atoms. The standard InChI is InChI=1S/C37H33N3O6S2/c1-4-45-30-19-26(15-18-29(30)41)32-31(33(42)25-13-16-28(17-14-25)46-20-27-8-6-5-7-23(27)3)34(43)35(44)40(32)36-38-39-37(48-36)47-21-24-11-9-22(2)10-12-24/h5-19,32,41-42H,4,20-21H2,1-3H3. The number of phenols is 1. The van der Waals surface area contributed by atoms with E-state index < -0.39 is 17.7 Å². The normalized spacial score (nSPS) is 15.6. The zero-order valence-electron chi connectivity index (χ0n) is 26.5. The van der Waals surface area contributed by atoms with Gasteiger partial charge in [0.25, 0.3) is 5.78 Å². The Balaban J connectivity index is 1.33. The van der Waals surface area contributed by atoms with Gasteiger partial charge in [0.15, 0.2) is 15.8 Å². The third kappa shape index (κ3) is 6.92. The molecule has 0 saturated carbocycles. The number of thioether (sulfide) groups is 1. The summed E-state index contributed by atoms with van der Waals surface area (Å²) in [7, 11) is 0. The molecular formula is C37H33N3O6S2. The van der Waals surface area contributed by atoms with Gasteiger partial charge in [-0.3, -0.25) is 14.5 Å². The number of Topliss-reactive ketones (excluding diaryl/α,β-unsaturated/α-hetero) is 1. The van der Waals surface area contributed by atoms with E-state index in [0.29, 0.717) is 33.6 Å². The van der Waals surface area contributed by atoms with E-state index in [0.717, 1.165) is 16.7 Å². The highest BCUT2D eigenvalue weighted by atomic mass is 32.2. The minimum absolute atomic E-state index is 0.0930. The summed E-state index contributed by atoms with van der Waals surface area (Å²) >= 11 is 2.66. The molecule has 2 heterocycles. The van der Waals surface area contributed by atoms with Crippen molar-refractivity contribution in [3.63, 3.8) is 0 Å². The molecule has 1 aromatic heterocycles. The average molecular weight is 680 g/mol. The number of ether oxygens (including phenoxy) is 2. The van der Waals surface area contributed by atoms with Gasteiger partial charge in [-0.1, -0.05) is 83.3 Å². The molecule has 11 heteroatoms. The molecule has 5 aromatic rings. The van der Waals surface area contributed by atoms with E-state index >= 15 is 0 Å². The van der Waals surface area contributed by atoms with Crippen LogP contribution in [-0.4, -0.2) is 38.7 Å². The SMILES string of the molecule is CCOc1cc(C2C(=C(O)c3ccc(OCc4ccccc4C)cc3)C(=O)C(=O)N2c2nnc(SCc3ccc(C)cc3)s2)ccc1O. The molecule has 244 valence electrons. The van der Waals surface area contributed by atoms with Crippen LogP contribution in [0.4, 0.5) is 5.13 Å². The highest BCUT2D eigenvalue weighted by molar-refractivity contribution is 8.00. The van der Waals surface area contributed by atoms with Crippen molar-refractivity contribution in [3.05, 3.63) is 130 Å². The molecule has 1 aliphatic heterocycles. The third-order valence-corrected chi connectivity index (χ3v) is 10.0. The maximum atomic E-state index is 13.7.